The number of phenolic OH excluding ortho intramolecular Hbond substituents is 3. The lowest BCUT2D eigenvalue weighted by atomic mass is 9.70. The van der Waals surface area contributed by atoms with Crippen LogP contribution >= 0.6 is 0 Å². The van der Waals surface area contributed by atoms with Crippen LogP contribution in [-0.4, -0.2) is 58.2 Å². The summed E-state index contributed by atoms with van der Waals surface area (Å²) in [6.07, 6.45) is 3.15. The first-order valence-electron chi connectivity index (χ1n) is 17.5. The minimum Gasteiger partial charge on any atom is -0.670 e. The van der Waals surface area contributed by atoms with Crippen LogP contribution in [0.1, 0.15) is 39.8 Å². The molecule has 0 radical (unpaired) electrons. The first kappa shape index (κ1) is 37.0. The number of nitrogens with zero attached hydrogens (tertiary/aromatic N) is 1. The number of carbonyl (C=O) groups is 1. The molecule has 9 nitrogen and oxygen atoms in total. The van der Waals surface area contributed by atoms with Crippen molar-refractivity contribution in [3.8, 4) is 28.7 Å². The Balaban J connectivity index is 1.37. The standard InChI is InChI=1S/C44H44NO8/c1-52-41-20-28(13-15-38(41)48)25-44(27-46,34-10-6-11-35(47)23-34)42(51)24-40(50)33(19-29-17-18-45-26-29)21-32-14-16-39(49)43(53-2)37(32)22-31-9-5-8-30-7-3-4-12-36(30)31/h3-18,20,23,26,33,40,46-50H,19,21-22,24-25,27H2,1-2H3/q-1/t33-,40-,44-/m1/s1. The average molecular weight is 715 g/mol. The van der Waals surface area contributed by atoms with Gasteiger partial charge in [-0.1, -0.05) is 78.4 Å². The van der Waals surface area contributed by atoms with Crippen LogP contribution in [0.2, 0.25) is 0 Å². The van der Waals surface area contributed by atoms with Crippen molar-refractivity contribution in [2.75, 3.05) is 20.8 Å². The van der Waals surface area contributed by atoms with E-state index in [4.69, 9.17) is 9.47 Å². The summed E-state index contributed by atoms with van der Waals surface area (Å²) in [6.45, 7) is -0.604. The van der Waals surface area contributed by atoms with E-state index in [2.05, 4.69) is 29.2 Å². The van der Waals surface area contributed by atoms with Gasteiger partial charge in [0.25, 0.3) is 0 Å². The van der Waals surface area contributed by atoms with Crippen LogP contribution < -0.4 is 14.5 Å². The van der Waals surface area contributed by atoms with Gasteiger partial charge in [0, 0.05) is 18.4 Å². The third kappa shape index (κ3) is 8.01. The van der Waals surface area contributed by atoms with Crippen molar-refractivity contribution in [3.05, 3.63) is 149 Å². The molecule has 0 aliphatic rings. The number of hydrogen-bond acceptors (Lipinski definition) is 8. The third-order valence-corrected chi connectivity index (χ3v) is 10.3. The molecule has 6 rings (SSSR count). The summed E-state index contributed by atoms with van der Waals surface area (Å²) in [7, 11) is 2.94. The molecule has 0 bridgehead atoms. The van der Waals surface area contributed by atoms with Gasteiger partial charge in [-0.15, -0.1) is 0 Å². The van der Waals surface area contributed by atoms with Gasteiger partial charge in [-0.2, -0.15) is 12.4 Å². The van der Waals surface area contributed by atoms with E-state index in [1.54, 1.807) is 42.7 Å². The average Bonchev–Trinajstić information content (AvgIpc) is 3.68. The second-order valence-electron chi connectivity index (χ2n) is 13.6. The minimum atomic E-state index is -1.55. The summed E-state index contributed by atoms with van der Waals surface area (Å²) in [5.74, 6) is -0.484. The van der Waals surface area contributed by atoms with Gasteiger partial charge in [-0.25, -0.2) is 0 Å². The molecule has 1 heterocycles. The maximum absolute atomic E-state index is 14.6. The second kappa shape index (κ2) is 16.3. The molecule has 5 N–H and O–H groups in total. The normalized spacial score (nSPS) is 13.7. The second-order valence-corrected chi connectivity index (χ2v) is 13.6. The van der Waals surface area contributed by atoms with Crippen molar-refractivity contribution >= 4 is 16.6 Å². The number of ether oxygens (including phenoxy) is 2. The van der Waals surface area contributed by atoms with Crippen molar-refractivity contribution in [3.63, 3.8) is 0 Å². The van der Waals surface area contributed by atoms with E-state index in [9.17, 15) is 30.3 Å². The van der Waals surface area contributed by atoms with Crippen molar-refractivity contribution < 1.29 is 39.8 Å². The fourth-order valence-electron chi connectivity index (χ4n) is 7.41. The zero-order valence-corrected chi connectivity index (χ0v) is 29.8. The Kier molecular flexibility index (Phi) is 11.4. The number of aromatic hydroxyl groups is 3. The number of fused-ring (bicyclic) bond motifs is 1. The Labute approximate surface area is 308 Å². The van der Waals surface area contributed by atoms with Crippen molar-refractivity contribution in [1.29, 1.82) is 0 Å². The van der Waals surface area contributed by atoms with Gasteiger partial charge in [-0.05, 0) is 88.5 Å². The van der Waals surface area contributed by atoms with Crippen LogP contribution in [0, 0.1) is 5.92 Å². The van der Waals surface area contributed by atoms with Gasteiger partial charge in [0.15, 0.2) is 23.0 Å². The quantitative estimate of drug-likeness (QED) is 0.0766. The highest BCUT2D eigenvalue weighted by Gasteiger charge is 2.41. The molecule has 0 amide bonds. The topological polar surface area (TPSA) is 151 Å². The van der Waals surface area contributed by atoms with E-state index in [1.807, 2.05) is 30.3 Å². The summed E-state index contributed by atoms with van der Waals surface area (Å²) in [6, 6.07) is 30.4. The Hall–Kier alpha value is -5.77. The summed E-state index contributed by atoms with van der Waals surface area (Å²) in [5, 5.41) is 56.9. The van der Waals surface area contributed by atoms with E-state index in [0.29, 0.717) is 36.1 Å². The number of benzene rings is 5. The first-order chi connectivity index (χ1) is 25.6. The lowest BCUT2D eigenvalue weighted by Crippen LogP contribution is -2.44. The Morgan fingerprint density at radius 1 is 0.792 bits per heavy atom. The number of aromatic nitrogens is 1. The molecule has 5 aromatic carbocycles. The number of Topliss-reactive ketones (excluding diaryl/α,β-unsaturated/α-hetero) is 1. The molecule has 274 valence electrons. The van der Waals surface area contributed by atoms with E-state index in [1.165, 1.54) is 32.4 Å². The summed E-state index contributed by atoms with van der Waals surface area (Å²) in [5.41, 5.74) is 3.01. The van der Waals surface area contributed by atoms with Crippen LogP contribution in [0.4, 0.5) is 0 Å². The number of methoxy groups -OCH3 is 2. The number of aliphatic hydroxyl groups is 2. The van der Waals surface area contributed by atoms with Crippen LogP contribution in [0.15, 0.2) is 116 Å². The fourth-order valence-corrected chi connectivity index (χ4v) is 7.41. The molecule has 0 unspecified atom stereocenters. The zero-order valence-electron chi connectivity index (χ0n) is 29.8. The monoisotopic (exact) mass is 714 g/mol. The molecule has 0 saturated carbocycles. The molecule has 0 fully saturated rings. The highest BCUT2D eigenvalue weighted by Crippen LogP contribution is 2.39. The SMILES string of the molecule is COc1cc(C[C@](CO)(C(=O)C[C@@H](O)[C@H](Cc2cc[n-]c2)Cc2ccc(O)c(OC)c2Cc2cccc3ccccc23)c2cccc(O)c2)ccc1O. The number of rotatable bonds is 16. The fraction of sp³-hybridized carbons (Fsp3) is 0.250. The summed E-state index contributed by atoms with van der Waals surface area (Å²) >= 11 is 0. The van der Waals surface area contributed by atoms with Gasteiger partial charge in [0.1, 0.15) is 11.5 Å². The van der Waals surface area contributed by atoms with Crippen molar-refractivity contribution in [1.82, 2.24) is 4.98 Å². The predicted octanol–water partition coefficient (Wildman–Crippen LogP) is 6.42. The smallest absolute Gasteiger partial charge is 0.164 e. The lowest BCUT2D eigenvalue weighted by molar-refractivity contribution is -0.129. The molecule has 0 aliphatic heterocycles. The van der Waals surface area contributed by atoms with Crippen molar-refractivity contribution in [2.24, 2.45) is 5.92 Å². The molecule has 9 heteroatoms. The van der Waals surface area contributed by atoms with Crippen LogP contribution in [0.3, 0.4) is 0 Å². The highest BCUT2D eigenvalue weighted by atomic mass is 16.5. The van der Waals surface area contributed by atoms with E-state index in [0.717, 1.165) is 33.0 Å². The molecule has 0 spiro atoms. The van der Waals surface area contributed by atoms with E-state index in [-0.39, 0.29) is 35.8 Å². The molecule has 3 atom stereocenters. The van der Waals surface area contributed by atoms with Gasteiger partial charge in [0.2, 0.25) is 0 Å². The number of phenols is 3. The molecular weight excluding hydrogens is 670 g/mol. The lowest BCUT2D eigenvalue weighted by Gasteiger charge is -2.34. The van der Waals surface area contributed by atoms with E-state index >= 15 is 0 Å². The van der Waals surface area contributed by atoms with Crippen molar-refractivity contribution in [2.45, 2.75) is 43.6 Å². The minimum absolute atomic E-state index is 0.00343. The van der Waals surface area contributed by atoms with Crippen LogP contribution in [0.5, 0.6) is 28.7 Å². The maximum atomic E-state index is 14.6. The highest BCUT2D eigenvalue weighted by molar-refractivity contribution is 5.91. The Morgan fingerprint density at radius 3 is 2.30 bits per heavy atom. The predicted molar refractivity (Wildman–Crippen MR) is 203 cm³/mol. The third-order valence-electron chi connectivity index (χ3n) is 10.3. The molecule has 6 aromatic rings. The number of ketones is 1. The molecule has 53 heavy (non-hydrogen) atoms. The number of carbonyl (C=O) groups excluding carboxylic acids is 1. The summed E-state index contributed by atoms with van der Waals surface area (Å²) < 4.78 is 11.1. The molecule has 0 aliphatic carbocycles. The maximum Gasteiger partial charge on any atom is 0.164 e. The molecular formula is C44H44NO8-. The number of hydrogen-bond donors (Lipinski definition) is 5. The van der Waals surface area contributed by atoms with Gasteiger partial charge in [0.05, 0.1) is 32.3 Å². The molecule has 1 aromatic heterocycles. The summed E-state index contributed by atoms with van der Waals surface area (Å²) in [4.78, 5) is 18.9. The van der Waals surface area contributed by atoms with Gasteiger partial charge >= 0.3 is 0 Å². The Bertz CT molecular complexity index is 2170. The van der Waals surface area contributed by atoms with Crippen LogP contribution in [0.25, 0.3) is 10.8 Å². The van der Waals surface area contributed by atoms with Gasteiger partial charge < -0.3 is 40.0 Å². The largest absolute Gasteiger partial charge is 0.670 e. The van der Waals surface area contributed by atoms with Crippen LogP contribution in [-0.2, 0) is 35.9 Å². The van der Waals surface area contributed by atoms with E-state index < -0.39 is 29.8 Å². The Morgan fingerprint density at radius 2 is 1.57 bits per heavy atom. The zero-order chi connectivity index (χ0) is 37.5. The van der Waals surface area contributed by atoms with Gasteiger partial charge in [-0.3, -0.25) is 4.79 Å². The number of aliphatic hydroxyl groups excluding tert-OH is 2. The molecule has 0 saturated heterocycles. The first-order valence-corrected chi connectivity index (χ1v) is 17.5.